The molecule has 17 heavy (non-hydrogen) atoms. The molecule has 0 aromatic heterocycles. The SMILES string of the molecule is O=C1NC(C(=O)Nc2ccc(Cl)c(O)c2)CS1. The van der Waals surface area contributed by atoms with E-state index >= 15 is 0 Å². The number of benzene rings is 1. The summed E-state index contributed by atoms with van der Waals surface area (Å²) in [5, 5.41) is 14.5. The first-order valence-electron chi connectivity index (χ1n) is 4.79. The van der Waals surface area contributed by atoms with Gasteiger partial charge in [0.25, 0.3) is 5.24 Å². The summed E-state index contributed by atoms with van der Waals surface area (Å²) in [7, 11) is 0. The lowest BCUT2D eigenvalue weighted by molar-refractivity contribution is -0.117. The van der Waals surface area contributed by atoms with E-state index in [1.54, 1.807) is 6.07 Å². The summed E-state index contributed by atoms with van der Waals surface area (Å²) < 4.78 is 0. The van der Waals surface area contributed by atoms with Gasteiger partial charge in [-0.25, -0.2) is 0 Å². The van der Waals surface area contributed by atoms with Crippen LogP contribution in [-0.2, 0) is 4.79 Å². The van der Waals surface area contributed by atoms with E-state index < -0.39 is 6.04 Å². The zero-order valence-corrected chi connectivity index (χ0v) is 10.1. The molecule has 1 fully saturated rings. The van der Waals surface area contributed by atoms with Gasteiger partial charge in [-0.15, -0.1) is 0 Å². The summed E-state index contributed by atoms with van der Waals surface area (Å²) in [6.45, 7) is 0. The fraction of sp³-hybridized carbons (Fsp3) is 0.200. The van der Waals surface area contributed by atoms with E-state index in [4.69, 9.17) is 11.6 Å². The number of anilines is 1. The van der Waals surface area contributed by atoms with Crippen LogP contribution in [0.25, 0.3) is 0 Å². The Hall–Kier alpha value is -1.40. The zero-order chi connectivity index (χ0) is 12.4. The van der Waals surface area contributed by atoms with E-state index in [9.17, 15) is 14.7 Å². The highest BCUT2D eigenvalue weighted by atomic mass is 35.5. The second kappa shape index (κ2) is 4.85. The quantitative estimate of drug-likeness (QED) is 0.767. The molecule has 7 heteroatoms. The minimum atomic E-state index is -0.537. The smallest absolute Gasteiger partial charge is 0.279 e. The van der Waals surface area contributed by atoms with E-state index in [1.807, 2.05) is 0 Å². The largest absolute Gasteiger partial charge is 0.506 e. The first-order chi connectivity index (χ1) is 8.06. The van der Waals surface area contributed by atoms with Crippen LogP contribution in [0.3, 0.4) is 0 Å². The molecule has 90 valence electrons. The van der Waals surface area contributed by atoms with Crippen LogP contribution >= 0.6 is 23.4 Å². The number of hydrogen-bond acceptors (Lipinski definition) is 4. The fourth-order valence-electron chi connectivity index (χ4n) is 1.35. The molecular formula is C10H9ClN2O3S. The molecule has 1 unspecified atom stereocenters. The Morgan fingerprint density at radius 3 is 2.94 bits per heavy atom. The molecule has 2 amide bonds. The Labute approximate surface area is 107 Å². The van der Waals surface area contributed by atoms with Crippen molar-refractivity contribution in [3.05, 3.63) is 23.2 Å². The van der Waals surface area contributed by atoms with Crippen LogP contribution in [0.5, 0.6) is 5.75 Å². The van der Waals surface area contributed by atoms with Gasteiger partial charge in [0.2, 0.25) is 5.91 Å². The molecule has 0 spiro atoms. The Morgan fingerprint density at radius 2 is 2.35 bits per heavy atom. The van der Waals surface area contributed by atoms with E-state index in [2.05, 4.69) is 10.6 Å². The molecule has 1 aromatic carbocycles. The number of amides is 2. The van der Waals surface area contributed by atoms with Crippen LogP contribution in [0.15, 0.2) is 18.2 Å². The molecule has 1 heterocycles. The molecule has 0 saturated carbocycles. The molecule has 1 aliphatic rings. The highest BCUT2D eigenvalue weighted by Crippen LogP contribution is 2.26. The minimum absolute atomic E-state index is 0.103. The van der Waals surface area contributed by atoms with Crippen LogP contribution < -0.4 is 10.6 Å². The van der Waals surface area contributed by atoms with Crippen molar-refractivity contribution >= 4 is 40.2 Å². The van der Waals surface area contributed by atoms with Crippen molar-refractivity contribution in [2.75, 3.05) is 11.1 Å². The third-order valence-electron chi connectivity index (χ3n) is 2.20. The van der Waals surface area contributed by atoms with Crippen molar-refractivity contribution in [2.24, 2.45) is 0 Å². The number of rotatable bonds is 2. The van der Waals surface area contributed by atoms with Crippen molar-refractivity contribution in [1.82, 2.24) is 5.32 Å². The first kappa shape index (κ1) is 12.1. The Bertz CT molecular complexity index is 481. The lowest BCUT2D eigenvalue weighted by Gasteiger charge is -2.10. The summed E-state index contributed by atoms with van der Waals surface area (Å²) >= 11 is 6.71. The molecule has 1 aliphatic heterocycles. The second-order valence-corrected chi connectivity index (χ2v) is 4.85. The molecule has 1 atom stereocenters. The fourth-order valence-corrected chi connectivity index (χ4v) is 2.24. The average molecular weight is 273 g/mol. The number of carbonyl (C=O) groups excluding carboxylic acids is 2. The lowest BCUT2D eigenvalue weighted by Crippen LogP contribution is -2.38. The molecular weight excluding hydrogens is 264 g/mol. The number of aromatic hydroxyl groups is 1. The molecule has 2 rings (SSSR count). The number of phenols is 1. The van der Waals surface area contributed by atoms with Gasteiger partial charge < -0.3 is 15.7 Å². The van der Waals surface area contributed by atoms with Gasteiger partial charge >= 0.3 is 0 Å². The molecule has 3 N–H and O–H groups in total. The number of nitrogens with one attached hydrogen (secondary N) is 2. The maximum atomic E-state index is 11.7. The van der Waals surface area contributed by atoms with Gasteiger partial charge in [0.15, 0.2) is 0 Å². The highest BCUT2D eigenvalue weighted by molar-refractivity contribution is 8.14. The molecule has 1 aromatic rings. The summed E-state index contributed by atoms with van der Waals surface area (Å²) in [5.41, 5.74) is 0.433. The van der Waals surface area contributed by atoms with Crippen molar-refractivity contribution < 1.29 is 14.7 Å². The molecule has 0 radical (unpaired) electrons. The van der Waals surface area contributed by atoms with Crippen molar-refractivity contribution in [2.45, 2.75) is 6.04 Å². The third-order valence-corrected chi connectivity index (χ3v) is 3.40. The lowest BCUT2D eigenvalue weighted by atomic mass is 10.2. The van der Waals surface area contributed by atoms with Crippen LogP contribution in [0.4, 0.5) is 10.5 Å². The van der Waals surface area contributed by atoms with Gasteiger partial charge in [0.05, 0.1) is 5.02 Å². The van der Waals surface area contributed by atoms with Crippen molar-refractivity contribution in [3.63, 3.8) is 0 Å². The predicted octanol–water partition coefficient (Wildman–Crippen LogP) is 1.81. The topological polar surface area (TPSA) is 78.4 Å². The number of halogens is 1. The average Bonchev–Trinajstić information content (AvgIpc) is 2.70. The van der Waals surface area contributed by atoms with E-state index in [0.717, 1.165) is 11.8 Å². The maximum absolute atomic E-state index is 11.7. The predicted molar refractivity (Wildman–Crippen MR) is 66.5 cm³/mol. The molecule has 5 nitrogen and oxygen atoms in total. The van der Waals surface area contributed by atoms with Crippen LogP contribution in [0.1, 0.15) is 0 Å². The maximum Gasteiger partial charge on any atom is 0.279 e. The Morgan fingerprint density at radius 1 is 1.59 bits per heavy atom. The summed E-state index contributed by atoms with van der Waals surface area (Å²) in [5.74, 6) is -0.0103. The number of thioether (sulfide) groups is 1. The van der Waals surface area contributed by atoms with Crippen LogP contribution in [0, 0.1) is 0 Å². The van der Waals surface area contributed by atoms with Gasteiger partial charge in [0, 0.05) is 17.5 Å². The molecule has 0 bridgehead atoms. The van der Waals surface area contributed by atoms with Crippen LogP contribution in [-0.4, -0.2) is 28.0 Å². The standard InChI is InChI=1S/C10H9ClN2O3S/c11-6-2-1-5(3-8(6)14)12-9(15)7-4-17-10(16)13-7/h1-3,7,14H,4H2,(H,12,15)(H,13,16). The van der Waals surface area contributed by atoms with Gasteiger partial charge in [0.1, 0.15) is 11.8 Å². The van der Waals surface area contributed by atoms with Gasteiger partial charge in [-0.3, -0.25) is 9.59 Å². The number of phenolic OH excluding ortho intramolecular Hbond substituents is 1. The second-order valence-electron chi connectivity index (χ2n) is 3.45. The normalized spacial score (nSPS) is 18.9. The van der Waals surface area contributed by atoms with E-state index in [-0.39, 0.29) is 21.9 Å². The highest BCUT2D eigenvalue weighted by Gasteiger charge is 2.27. The van der Waals surface area contributed by atoms with Gasteiger partial charge in [-0.1, -0.05) is 23.4 Å². The zero-order valence-electron chi connectivity index (χ0n) is 8.57. The van der Waals surface area contributed by atoms with E-state index in [1.165, 1.54) is 12.1 Å². The van der Waals surface area contributed by atoms with Crippen molar-refractivity contribution in [3.8, 4) is 5.75 Å². The monoisotopic (exact) mass is 272 g/mol. The summed E-state index contributed by atoms with van der Waals surface area (Å²) in [6.07, 6.45) is 0. The number of hydrogen-bond donors (Lipinski definition) is 3. The minimum Gasteiger partial charge on any atom is -0.506 e. The van der Waals surface area contributed by atoms with E-state index in [0.29, 0.717) is 11.4 Å². The summed E-state index contributed by atoms with van der Waals surface area (Å²) in [6, 6.07) is 3.87. The van der Waals surface area contributed by atoms with Crippen LogP contribution in [0.2, 0.25) is 5.02 Å². The Kier molecular flexibility index (Phi) is 3.44. The van der Waals surface area contributed by atoms with Gasteiger partial charge in [-0.05, 0) is 12.1 Å². The Balaban J connectivity index is 2.03. The summed E-state index contributed by atoms with van der Waals surface area (Å²) in [4.78, 5) is 22.6. The molecule has 0 aliphatic carbocycles. The van der Waals surface area contributed by atoms with Crippen molar-refractivity contribution in [1.29, 1.82) is 0 Å². The molecule has 1 saturated heterocycles. The third kappa shape index (κ3) is 2.83. The number of carbonyl (C=O) groups is 2. The van der Waals surface area contributed by atoms with Gasteiger partial charge in [-0.2, -0.15) is 0 Å². The first-order valence-corrected chi connectivity index (χ1v) is 6.15.